The number of hydrogen-bond donors (Lipinski definition) is 1. The number of nitrogens with one attached hydrogen (secondary N) is 1. The Morgan fingerprint density at radius 1 is 1.19 bits per heavy atom. The van der Waals surface area contributed by atoms with Crippen LogP contribution in [0.3, 0.4) is 0 Å². The Hall–Kier alpha value is -2.94. The Kier molecular flexibility index (Phi) is 7.27. The van der Waals surface area contributed by atoms with Gasteiger partial charge in [0, 0.05) is 25.7 Å². The van der Waals surface area contributed by atoms with Gasteiger partial charge in [-0.2, -0.15) is 8.42 Å². The van der Waals surface area contributed by atoms with Crippen molar-refractivity contribution >= 4 is 27.5 Å². The summed E-state index contributed by atoms with van der Waals surface area (Å²) in [7, 11) is -0.697. The van der Waals surface area contributed by atoms with Gasteiger partial charge in [-0.15, -0.1) is 4.40 Å². The van der Waals surface area contributed by atoms with Gasteiger partial charge in [0.25, 0.3) is 10.0 Å². The van der Waals surface area contributed by atoms with E-state index in [1.165, 1.54) is 31.4 Å². The molecule has 1 N–H and O–H groups in total. The number of sulfonamides is 1. The first kappa shape index (κ1) is 22.7. The number of methoxy groups -OCH3 is 1. The topological polar surface area (TPSA) is 88.1 Å². The van der Waals surface area contributed by atoms with Crippen LogP contribution in [0.1, 0.15) is 31.2 Å². The van der Waals surface area contributed by atoms with Crippen molar-refractivity contribution in [3.8, 4) is 5.75 Å². The van der Waals surface area contributed by atoms with Gasteiger partial charge >= 0.3 is 0 Å². The van der Waals surface area contributed by atoms with Crippen molar-refractivity contribution < 1.29 is 22.3 Å². The van der Waals surface area contributed by atoms with Crippen molar-refractivity contribution in [3.05, 3.63) is 53.8 Å². The number of amides is 1. The molecule has 0 unspecified atom stereocenters. The van der Waals surface area contributed by atoms with Crippen LogP contribution in [0.4, 0.5) is 10.1 Å². The number of carbonyl (C=O) groups excluding carboxylic acids is 1. The Balaban J connectivity index is 1.73. The highest BCUT2D eigenvalue weighted by atomic mass is 32.2. The molecule has 166 valence electrons. The van der Waals surface area contributed by atoms with Crippen LogP contribution in [-0.2, 0) is 21.2 Å². The Labute approximate surface area is 182 Å². The number of ether oxygens (including phenoxy) is 1. The van der Waals surface area contributed by atoms with Crippen molar-refractivity contribution in [2.45, 2.75) is 37.0 Å². The number of likely N-dealkylation sites (tertiary alicyclic amines) is 1. The first-order valence-corrected chi connectivity index (χ1v) is 11.5. The summed E-state index contributed by atoms with van der Waals surface area (Å²) in [5.74, 6) is -0.297. The van der Waals surface area contributed by atoms with Gasteiger partial charge < -0.3 is 15.0 Å². The third-order valence-corrected chi connectivity index (χ3v) is 6.36. The molecule has 1 amide bonds. The number of carbonyl (C=O) groups is 1. The van der Waals surface area contributed by atoms with E-state index >= 15 is 0 Å². The fourth-order valence-corrected chi connectivity index (χ4v) is 4.52. The number of halogens is 1. The zero-order valence-corrected chi connectivity index (χ0v) is 18.4. The van der Waals surface area contributed by atoms with Crippen LogP contribution in [0.25, 0.3) is 0 Å². The molecule has 1 heterocycles. The Morgan fingerprint density at radius 3 is 2.74 bits per heavy atom. The van der Waals surface area contributed by atoms with Crippen LogP contribution in [-0.4, -0.2) is 45.8 Å². The molecule has 0 atom stereocenters. The molecule has 2 aromatic carbocycles. The van der Waals surface area contributed by atoms with Gasteiger partial charge in [-0.25, -0.2) is 4.39 Å². The summed E-state index contributed by atoms with van der Waals surface area (Å²) in [5.41, 5.74) is 0.803. The second kappa shape index (κ2) is 9.91. The largest absolute Gasteiger partial charge is 0.494 e. The molecule has 1 fully saturated rings. The van der Waals surface area contributed by atoms with Crippen LogP contribution in [0, 0.1) is 5.82 Å². The average Bonchev–Trinajstić information content (AvgIpc) is 2.92. The third-order valence-electron chi connectivity index (χ3n) is 5.06. The normalized spacial score (nSPS) is 16.1. The summed E-state index contributed by atoms with van der Waals surface area (Å²) in [6.45, 7) is 0.774. The number of amidine groups is 1. The van der Waals surface area contributed by atoms with E-state index in [1.54, 1.807) is 18.2 Å². The van der Waals surface area contributed by atoms with Crippen LogP contribution in [0.5, 0.6) is 5.75 Å². The van der Waals surface area contributed by atoms with E-state index in [-0.39, 0.29) is 17.1 Å². The van der Waals surface area contributed by atoms with Crippen molar-refractivity contribution in [1.82, 2.24) is 4.90 Å². The lowest BCUT2D eigenvalue weighted by atomic mass is 10.1. The molecular formula is C22H26FN3O4S. The SMILES string of the molecule is COc1ccc(CC(=O)Nc2cccc(S(=O)(=O)/N=C3\CCCCCN3C)c2)cc1F. The molecule has 0 bridgehead atoms. The molecule has 9 heteroatoms. The molecule has 3 rings (SSSR count). The van der Waals surface area contributed by atoms with E-state index in [0.717, 1.165) is 25.8 Å². The maximum absolute atomic E-state index is 13.8. The van der Waals surface area contributed by atoms with Crippen LogP contribution >= 0.6 is 0 Å². The van der Waals surface area contributed by atoms with Gasteiger partial charge in [0.1, 0.15) is 5.84 Å². The van der Waals surface area contributed by atoms with Gasteiger partial charge in [-0.1, -0.05) is 18.6 Å². The van der Waals surface area contributed by atoms with E-state index in [0.29, 0.717) is 23.5 Å². The number of anilines is 1. The molecular weight excluding hydrogens is 421 g/mol. The fourth-order valence-electron chi connectivity index (χ4n) is 3.38. The maximum atomic E-state index is 13.8. The first-order chi connectivity index (χ1) is 14.8. The summed E-state index contributed by atoms with van der Waals surface area (Å²) in [4.78, 5) is 14.2. The van der Waals surface area contributed by atoms with Crippen molar-refractivity contribution in [3.63, 3.8) is 0 Å². The van der Waals surface area contributed by atoms with Gasteiger partial charge in [0.2, 0.25) is 5.91 Å². The fraction of sp³-hybridized carbons (Fsp3) is 0.364. The number of rotatable bonds is 6. The molecule has 7 nitrogen and oxygen atoms in total. The van der Waals surface area contributed by atoms with Gasteiger partial charge in [-0.05, 0) is 48.7 Å². The predicted molar refractivity (Wildman–Crippen MR) is 117 cm³/mol. The summed E-state index contributed by atoms with van der Waals surface area (Å²) in [5, 5.41) is 2.66. The summed E-state index contributed by atoms with van der Waals surface area (Å²) in [6, 6.07) is 10.3. The highest BCUT2D eigenvalue weighted by Crippen LogP contribution is 2.21. The quantitative estimate of drug-likeness (QED) is 0.731. The minimum atomic E-state index is -3.91. The van der Waals surface area contributed by atoms with Crippen molar-refractivity contribution in [2.24, 2.45) is 4.40 Å². The molecule has 0 aromatic heterocycles. The molecule has 1 aliphatic rings. The molecule has 0 saturated carbocycles. The van der Waals surface area contributed by atoms with Crippen LogP contribution < -0.4 is 10.1 Å². The Morgan fingerprint density at radius 2 is 2.00 bits per heavy atom. The van der Waals surface area contributed by atoms with Crippen LogP contribution in [0.2, 0.25) is 0 Å². The Bertz CT molecular complexity index is 1090. The average molecular weight is 448 g/mol. The van der Waals surface area contributed by atoms with E-state index in [1.807, 2.05) is 11.9 Å². The monoisotopic (exact) mass is 447 g/mol. The molecule has 0 radical (unpaired) electrons. The summed E-state index contributed by atoms with van der Waals surface area (Å²) < 4.78 is 48.3. The lowest BCUT2D eigenvalue weighted by Gasteiger charge is -2.17. The first-order valence-electron chi connectivity index (χ1n) is 10.1. The molecule has 0 aliphatic carbocycles. The minimum Gasteiger partial charge on any atom is -0.494 e. The molecule has 0 spiro atoms. The summed E-state index contributed by atoms with van der Waals surface area (Å²) in [6.07, 6.45) is 3.51. The minimum absolute atomic E-state index is 0.00550. The second-order valence-corrected chi connectivity index (χ2v) is 9.04. The smallest absolute Gasteiger partial charge is 0.284 e. The summed E-state index contributed by atoms with van der Waals surface area (Å²) >= 11 is 0. The van der Waals surface area contributed by atoms with Crippen molar-refractivity contribution in [2.75, 3.05) is 26.0 Å². The maximum Gasteiger partial charge on any atom is 0.284 e. The highest BCUT2D eigenvalue weighted by molar-refractivity contribution is 7.90. The zero-order valence-electron chi connectivity index (χ0n) is 17.6. The van der Waals surface area contributed by atoms with E-state index < -0.39 is 21.7 Å². The number of nitrogens with zero attached hydrogens (tertiary/aromatic N) is 2. The molecule has 1 saturated heterocycles. The number of benzene rings is 2. The molecule has 2 aromatic rings. The van der Waals surface area contributed by atoms with E-state index in [9.17, 15) is 17.6 Å². The standard InChI is InChI=1S/C22H26FN3O4S/c1-26-12-5-3-4-9-21(26)25-31(28,29)18-8-6-7-17(15-18)24-22(27)14-16-10-11-20(30-2)19(23)13-16/h6-8,10-11,13,15H,3-5,9,12,14H2,1-2H3,(H,24,27)/b25-21+. The lowest BCUT2D eigenvalue weighted by Crippen LogP contribution is -2.26. The van der Waals surface area contributed by atoms with E-state index in [2.05, 4.69) is 9.71 Å². The molecule has 1 aliphatic heterocycles. The highest BCUT2D eigenvalue weighted by Gasteiger charge is 2.19. The number of hydrogen-bond acceptors (Lipinski definition) is 4. The zero-order chi connectivity index (χ0) is 22.4. The molecule has 31 heavy (non-hydrogen) atoms. The second-order valence-electron chi connectivity index (χ2n) is 7.44. The van der Waals surface area contributed by atoms with Gasteiger partial charge in [-0.3, -0.25) is 4.79 Å². The lowest BCUT2D eigenvalue weighted by molar-refractivity contribution is -0.115. The van der Waals surface area contributed by atoms with E-state index in [4.69, 9.17) is 4.74 Å². The van der Waals surface area contributed by atoms with Crippen LogP contribution in [0.15, 0.2) is 51.8 Å². The van der Waals surface area contributed by atoms with Crippen molar-refractivity contribution in [1.29, 1.82) is 0 Å². The third kappa shape index (κ3) is 6.04. The predicted octanol–water partition coefficient (Wildman–Crippen LogP) is 3.61. The van der Waals surface area contributed by atoms with Gasteiger partial charge in [0.05, 0.1) is 18.4 Å². The van der Waals surface area contributed by atoms with Gasteiger partial charge in [0.15, 0.2) is 11.6 Å².